The Bertz CT molecular complexity index is 1410. The number of aryl methyl sites for hydroxylation is 1. The van der Waals surface area contributed by atoms with E-state index in [1.807, 2.05) is 0 Å². The summed E-state index contributed by atoms with van der Waals surface area (Å²) in [6.45, 7) is 2.26. The van der Waals surface area contributed by atoms with Crippen molar-refractivity contribution in [1.82, 2.24) is 14.5 Å². The highest BCUT2D eigenvalue weighted by Crippen LogP contribution is 2.44. The third kappa shape index (κ3) is 4.48. The van der Waals surface area contributed by atoms with Crippen molar-refractivity contribution in [3.8, 4) is 0 Å². The number of hydrogen-bond acceptors (Lipinski definition) is 6. The highest BCUT2D eigenvalue weighted by atomic mass is 19.3. The molecular formula is C26H28F5N5O2. The first-order chi connectivity index (χ1) is 18.2. The Morgan fingerprint density at radius 3 is 2.61 bits per heavy atom. The van der Waals surface area contributed by atoms with Crippen molar-refractivity contribution >= 4 is 22.4 Å². The molecule has 2 fully saturated rings. The molecule has 2 aliphatic rings. The summed E-state index contributed by atoms with van der Waals surface area (Å²) in [5, 5.41) is 3.43. The third-order valence-electron chi connectivity index (χ3n) is 7.35. The molecule has 3 heterocycles. The minimum atomic E-state index is -2.98. The van der Waals surface area contributed by atoms with E-state index in [1.54, 1.807) is 18.7 Å². The molecule has 38 heavy (non-hydrogen) atoms. The number of anilines is 2. The molecule has 1 aromatic carbocycles. The number of fused-ring (bicyclic) bond motifs is 1. The van der Waals surface area contributed by atoms with Crippen molar-refractivity contribution in [2.45, 2.75) is 50.7 Å². The molecule has 0 radical (unpaired) electrons. The van der Waals surface area contributed by atoms with Gasteiger partial charge in [-0.1, -0.05) is 18.2 Å². The molecule has 0 bridgehead atoms. The first-order valence-electron chi connectivity index (χ1n) is 12.4. The molecule has 1 aliphatic heterocycles. The van der Waals surface area contributed by atoms with Crippen molar-refractivity contribution in [2.24, 2.45) is 0 Å². The Morgan fingerprint density at radius 1 is 1.21 bits per heavy atom. The van der Waals surface area contributed by atoms with Gasteiger partial charge in [0.25, 0.3) is 12.0 Å². The third-order valence-corrected chi connectivity index (χ3v) is 7.35. The second kappa shape index (κ2) is 10.1. The van der Waals surface area contributed by atoms with Crippen LogP contribution < -0.4 is 15.8 Å². The lowest BCUT2D eigenvalue weighted by molar-refractivity contribution is 0.0859. The van der Waals surface area contributed by atoms with E-state index in [9.17, 15) is 26.7 Å². The number of pyridine rings is 1. The van der Waals surface area contributed by atoms with Gasteiger partial charge in [-0.05, 0) is 26.7 Å². The number of alkyl halides is 4. The fourth-order valence-corrected chi connectivity index (χ4v) is 5.02. The van der Waals surface area contributed by atoms with Crippen LogP contribution in [0.1, 0.15) is 49.2 Å². The number of ether oxygens (including phenoxy) is 1. The molecule has 1 saturated carbocycles. The topological polar surface area (TPSA) is 72.3 Å². The maximum Gasteiger partial charge on any atom is 0.277 e. The van der Waals surface area contributed by atoms with Gasteiger partial charge in [-0.25, -0.2) is 31.9 Å². The standard InChI is InChI=1S/C26H28F5N5O2/c1-14(17-4-3-5-18(20(17)29)23(30)31)32-24-19-11-36(26(13-28)6-7-26)25(37)22(21(19)33-15(2)34-24)35-8-9-38-12-16(35)10-27/h3-5,11,14,16,23H,6-10,12-13H2,1-2H3,(H,32,33,34)/t14-,16+/m1/s1. The summed E-state index contributed by atoms with van der Waals surface area (Å²) in [7, 11) is 0. The number of hydrogen-bond donors (Lipinski definition) is 1. The number of nitrogens with zero attached hydrogens (tertiary/aromatic N) is 4. The predicted molar refractivity (Wildman–Crippen MR) is 133 cm³/mol. The molecule has 2 aromatic heterocycles. The first kappa shape index (κ1) is 26.3. The molecule has 5 rings (SSSR count). The van der Waals surface area contributed by atoms with E-state index in [2.05, 4.69) is 15.3 Å². The van der Waals surface area contributed by atoms with Gasteiger partial charge in [0.1, 0.15) is 42.0 Å². The summed E-state index contributed by atoms with van der Waals surface area (Å²) in [6.07, 6.45) is -0.573. The van der Waals surface area contributed by atoms with Crippen LogP contribution in [0.15, 0.2) is 29.2 Å². The molecule has 0 unspecified atom stereocenters. The van der Waals surface area contributed by atoms with Crippen molar-refractivity contribution in [3.63, 3.8) is 0 Å². The van der Waals surface area contributed by atoms with Crippen LogP contribution in [-0.4, -0.2) is 53.7 Å². The molecular weight excluding hydrogens is 509 g/mol. The zero-order chi connectivity index (χ0) is 27.2. The van der Waals surface area contributed by atoms with E-state index < -0.39 is 54.3 Å². The number of benzene rings is 1. The minimum absolute atomic E-state index is 0.00820. The zero-order valence-corrected chi connectivity index (χ0v) is 21.0. The summed E-state index contributed by atoms with van der Waals surface area (Å²) in [5.41, 5.74) is -1.83. The Labute approximate surface area is 215 Å². The fraction of sp³-hybridized carbons (Fsp3) is 0.500. The molecule has 1 saturated heterocycles. The lowest BCUT2D eigenvalue weighted by Gasteiger charge is -2.36. The number of aromatic nitrogens is 3. The molecule has 2 atom stereocenters. The van der Waals surface area contributed by atoms with Crippen LogP contribution in [0.4, 0.5) is 33.5 Å². The number of morpholine rings is 1. The molecule has 7 nitrogen and oxygen atoms in total. The van der Waals surface area contributed by atoms with Crippen molar-refractivity contribution in [1.29, 1.82) is 0 Å². The number of rotatable bonds is 8. The Hall–Kier alpha value is -3.28. The highest BCUT2D eigenvalue weighted by molar-refractivity contribution is 5.97. The monoisotopic (exact) mass is 537 g/mol. The van der Waals surface area contributed by atoms with Crippen molar-refractivity contribution in [2.75, 3.05) is 43.3 Å². The van der Waals surface area contributed by atoms with Gasteiger partial charge in [-0.2, -0.15) is 0 Å². The van der Waals surface area contributed by atoms with Gasteiger partial charge in [-0.15, -0.1) is 0 Å². The summed E-state index contributed by atoms with van der Waals surface area (Å²) in [5.74, 6) is -0.524. The van der Waals surface area contributed by atoms with Gasteiger partial charge in [0.05, 0.1) is 41.8 Å². The Morgan fingerprint density at radius 2 is 1.95 bits per heavy atom. The largest absolute Gasteiger partial charge is 0.377 e. The first-order valence-corrected chi connectivity index (χ1v) is 12.4. The quantitative estimate of drug-likeness (QED) is 0.409. The van der Waals surface area contributed by atoms with Crippen LogP contribution in [0.5, 0.6) is 0 Å². The second-order valence-electron chi connectivity index (χ2n) is 9.89. The van der Waals surface area contributed by atoms with E-state index in [4.69, 9.17) is 4.74 Å². The van der Waals surface area contributed by atoms with Gasteiger partial charge in [-0.3, -0.25) is 4.79 Å². The van der Waals surface area contributed by atoms with E-state index in [0.29, 0.717) is 18.2 Å². The maximum atomic E-state index is 14.9. The summed E-state index contributed by atoms with van der Waals surface area (Å²) < 4.78 is 76.4. The molecule has 204 valence electrons. The van der Waals surface area contributed by atoms with Crippen LogP contribution in [0, 0.1) is 12.7 Å². The molecule has 1 aliphatic carbocycles. The molecule has 3 aromatic rings. The van der Waals surface area contributed by atoms with Gasteiger partial charge in [0.2, 0.25) is 0 Å². The Balaban J connectivity index is 1.69. The van der Waals surface area contributed by atoms with Crippen LogP contribution in [-0.2, 0) is 10.3 Å². The lowest BCUT2D eigenvalue weighted by atomic mass is 10.0. The SMILES string of the molecule is Cc1nc(N[C@H](C)c2cccc(C(F)F)c2F)c2cn(C3(CF)CC3)c(=O)c(N3CCOC[C@@H]3CF)c2n1. The van der Waals surface area contributed by atoms with E-state index >= 15 is 0 Å². The van der Waals surface area contributed by atoms with Gasteiger partial charge in [0.15, 0.2) is 0 Å². The van der Waals surface area contributed by atoms with E-state index in [-0.39, 0.29) is 48.2 Å². The average molecular weight is 538 g/mol. The van der Waals surface area contributed by atoms with E-state index in [1.165, 1.54) is 22.9 Å². The number of nitrogens with one attached hydrogen (secondary N) is 1. The normalized spacial score (nSPS) is 19.7. The van der Waals surface area contributed by atoms with Crippen molar-refractivity contribution in [3.05, 3.63) is 57.5 Å². The minimum Gasteiger partial charge on any atom is -0.377 e. The molecule has 1 N–H and O–H groups in total. The molecule has 0 spiro atoms. The molecule has 0 amide bonds. The van der Waals surface area contributed by atoms with Crippen molar-refractivity contribution < 1.29 is 26.7 Å². The maximum absolute atomic E-state index is 14.9. The van der Waals surface area contributed by atoms with Crippen LogP contribution in [0.25, 0.3) is 10.9 Å². The second-order valence-corrected chi connectivity index (χ2v) is 9.89. The van der Waals surface area contributed by atoms with Crippen LogP contribution in [0.2, 0.25) is 0 Å². The van der Waals surface area contributed by atoms with Crippen LogP contribution >= 0.6 is 0 Å². The number of halogens is 5. The summed E-state index contributed by atoms with van der Waals surface area (Å²) >= 11 is 0. The zero-order valence-electron chi connectivity index (χ0n) is 21.0. The van der Waals surface area contributed by atoms with Gasteiger partial charge >= 0.3 is 0 Å². The highest BCUT2D eigenvalue weighted by Gasteiger charge is 2.46. The van der Waals surface area contributed by atoms with E-state index in [0.717, 1.165) is 6.07 Å². The molecule has 12 heteroatoms. The van der Waals surface area contributed by atoms with Gasteiger partial charge in [0, 0.05) is 18.3 Å². The average Bonchev–Trinajstić information content (AvgIpc) is 3.69. The smallest absolute Gasteiger partial charge is 0.277 e. The Kier molecular flexibility index (Phi) is 7.01. The van der Waals surface area contributed by atoms with Crippen LogP contribution in [0.3, 0.4) is 0 Å². The predicted octanol–water partition coefficient (Wildman–Crippen LogP) is 4.98. The van der Waals surface area contributed by atoms with Gasteiger partial charge < -0.3 is 19.5 Å². The summed E-state index contributed by atoms with van der Waals surface area (Å²) in [6, 6.07) is 2.26. The fourth-order valence-electron chi connectivity index (χ4n) is 5.02. The lowest BCUT2D eigenvalue weighted by Crippen LogP contribution is -2.50. The summed E-state index contributed by atoms with van der Waals surface area (Å²) in [4.78, 5) is 24.4.